The Labute approximate surface area is 157 Å². The first kappa shape index (κ1) is 18.4. The molecule has 1 aliphatic rings. The second kappa shape index (κ2) is 7.86. The predicted molar refractivity (Wildman–Crippen MR) is 100 cm³/mol. The number of benzene rings is 1. The van der Waals surface area contributed by atoms with Crippen molar-refractivity contribution in [1.29, 1.82) is 0 Å². The van der Waals surface area contributed by atoms with E-state index in [1.165, 1.54) is 11.3 Å². The molecule has 0 bridgehead atoms. The van der Waals surface area contributed by atoms with Crippen LogP contribution in [0.4, 0.5) is 0 Å². The van der Waals surface area contributed by atoms with Gasteiger partial charge in [-0.3, -0.25) is 9.59 Å². The van der Waals surface area contributed by atoms with E-state index >= 15 is 0 Å². The highest BCUT2D eigenvalue weighted by atomic mass is 32.1. The highest BCUT2D eigenvalue weighted by Crippen LogP contribution is 2.28. The minimum absolute atomic E-state index is 0.0271. The number of para-hydroxylation sites is 1. The minimum Gasteiger partial charge on any atom is -0.490 e. The van der Waals surface area contributed by atoms with Crippen LogP contribution in [0.3, 0.4) is 0 Å². The minimum atomic E-state index is -0.379. The van der Waals surface area contributed by atoms with Gasteiger partial charge >= 0.3 is 0 Å². The van der Waals surface area contributed by atoms with Gasteiger partial charge in [0.2, 0.25) is 5.91 Å². The van der Waals surface area contributed by atoms with Gasteiger partial charge < -0.3 is 15.4 Å². The molecule has 1 aliphatic heterocycles. The smallest absolute Gasteiger partial charge is 0.265 e. The van der Waals surface area contributed by atoms with Gasteiger partial charge in [0, 0.05) is 31.8 Å². The molecule has 26 heavy (non-hydrogen) atoms. The third-order valence-corrected chi connectivity index (χ3v) is 5.60. The lowest BCUT2D eigenvalue weighted by atomic mass is 9.91. The molecule has 1 saturated heterocycles. The van der Waals surface area contributed by atoms with E-state index in [0.29, 0.717) is 24.4 Å². The number of aryl methyl sites for hydroxylation is 2. The number of ether oxygens (including phenoxy) is 1. The average molecular weight is 373 g/mol. The van der Waals surface area contributed by atoms with Gasteiger partial charge in [0.05, 0.1) is 10.7 Å². The first-order valence-electron chi connectivity index (χ1n) is 8.67. The van der Waals surface area contributed by atoms with E-state index in [-0.39, 0.29) is 30.3 Å². The van der Waals surface area contributed by atoms with Gasteiger partial charge in [-0.05, 0) is 26.0 Å². The van der Waals surface area contributed by atoms with Crippen LogP contribution < -0.4 is 10.5 Å². The summed E-state index contributed by atoms with van der Waals surface area (Å²) in [6.07, 6.45) is 0.718. The molecule has 138 valence electrons. The number of amides is 2. The largest absolute Gasteiger partial charge is 0.490 e. The number of nitrogens with zero attached hydrogens (tertiary/aromatic N) is 2. The summed E-state index contributed by atoms with van der Waals surface area (Å²) in [7, 11) is 0. The summed E-state index contributed by atoms with van der Waals surface area (Å²) in [6, 6.07) is 9.52. The van der Waals surface area contributed by atoms with E-state index in [1.807, 2.05) is 44.2 Å². The number of likely N-dealkylation sites (tertiary alicyclic amines) is 1. The van der Waals surface area contributed by atoms with Gasteiger partial charge in [0.15, 0.2) is 0 Å². The van der Waals surface area contributed by atoms with Gasteiger partial charge in [-0.1, -0.05) is 18.2 Å². The number of aromatic nitrogens is 1. The topological polar surface area (TPSA) is 85.5 Å². The van der Waals surface area contributed by atoms with Gasteiger partial charge in [-0.25, -0.2) is 4.98 Å². The van der Waals surface area contributed by atoms with Crippen molar-refractivity contribution in [1.82, 2.24) is 9.88 Å². The Morgan fingerprint density at radius 1 is 1.31 bits per heavy atom. The Bertz CT molecular complexity index is 791. The van der Waals surface area contributed by atoms with E-state index in [2.05, 4.69) is 4.98 Å². The van der Waals surface area contributed by atoms with Gasteiger partial charge in [0.25, 0.3) is 5.91 Å². The number of hydrogen-bond acceptors (Lipinski definition) is 5. The summed E-state index contributed by atoms with van der Waals surface area (Å²) in [5, 5.41) is 0.877. The molecule has 0 aliphatic carbocycles. The van der Waals surface area contributed by atoms with Crippen molar-refractivity contribution >= 4 is 23.2 Å². The Kier molecular flexibility index (Phi) is 5.56. The Morgan fingerprint density at radius 3 is 2.65 bits per heavy atom. The van der Waals surface area contributed by atoms with Crippen LogP contribution in [0, 0.1) is 19.8 Å². The van der Waals surface area contributed by atoms with Crippen molar-refractivity contribution in [2.75, 3.05) is 13.1 Å². The molecule has 0 spiro atoms. The molecule has 3 rings (SSSR count). The summed E-state index contributed by atoms with van der Waals surface area (Å²) >= 11 is 1.41. The maximum Gasteiger partial charge on any atom is 0.265 e. The molecular weight excluding hydrogens is 350 g/mol. The molecule has 1 aromatic carbocycles. The second-order valence-corrected chi connectivity index (χ2v) is 7.79. The zero-order chi connectivity index (χ0) is 18.7. The van der Waals surface area contributed by atoms with Crippen LogP contribution in [0.5, 0.6) is 5.75 Å². The van der Waals surface area contributed by atoms with E-state index in [0.717, 1.165) is 16.5 Å². The summed E-state index contributed by atoms with van der Waals surface area (Å²) in [5.41, 5.74) is 6.19. The number of nitrogens with two attached hydrogens (primary N) is 1. The van der Waals surface area contributed by atoms with Gasteiger partial charge in [-0.2, -0.15) is 0 Å². The first-order valence-corrected chi connectivity index (χ1v) is 9.49. The standard InChI is InChI=1S/C19H23N3O3S/c1-12-18(26-13(2)21-12)19(24)22-9-8-16(14(11-22)10-17(20)23)25-15-6-4-3-5-7-15/h3-7,14,16H,8-11H2,1-2H3,(H2,20,23)/t14-,16-/m0/s1. The molecule has 1 fully saturated rings. The van der Waals surface area contributed by atoms with Gasteiger partial charge in [-0.15, -0.1) is 11.3 Å². The molecule has 7 heteroatoms. The van der Waals surface area contributed by atoms with Crippen molar-refractivity contribution in [3.8, 4) is 5.75 Å². The summed E-state index contributed by atoms with van der Waals surface area (Å²) in [5.74, 6) is 0.233. The molecule has 2 heterocycles. The van der Waals surface area contributed by atoms with Gasteiger partial charge in [0.1, 0.15) is 16.7 Å². The van der Waals surface area contributed by atoms with Crippen LogP contribution in [-0.4, -0.2) is 40.9 Å². The fourth-order valence-electron chi connectivity index (χ4n) is 3.35. The molecule has 0 radical (unpaired) electrons. The molecule has 2 amide bonds. The quantitative estimate of drug-likeness (QED) is 0.873. The molecule has 0 unspecified atom stereocenters. The SMILES string of the molecule is Cc1nc(C)c(C(=O)N2CC[C@H](Oc3ccccc3)[C@@H](CC(N)=O)C2)s1. The van der Waals surface area contributed by atoms with E-state index in [4.69, 9.17) is 10.5 Å². The molecule has 1 aromatic heterocycles. The lowest BCUT2D eigenvalue weighted by Gasteiger charge is -2.38. The molecule has 2 atom stereocenters. The number of thiazole rings is 1. The lowest BCUT2D eigenvalue weighted by Crippen LogP contribution is -2.49. The van der Waals surface area contributed by atoms with E-state index in [1.54, 1.807) is 4.90 Å². The van der Waals surface area contributed by atoms with Crippen molar-refractivity contribution in [3.05, 3.63) is 45.9 Å². The Morgan fingerprint density at radius 2 is 2.04 bits per heavy atom. The Balaban J connectivity index is 1.74. The zero-order valence-corrected chi connectivity index (χ0v) is 15.8. The van der Waals surface area contributed by atoms with E-state index in [9.17, 15) is 9.59 Å². The molecule has 6 nitrogen and oxygen atoms in total. The number of primary amides is 1. The maximum absolute atomic E-state index is 12.9. The lowest BCUT2D eigenvalue weighted by molar-refractivity contribution is -0.120. The number of carbonyl (C=O) groups is 2. The van der Waals surface area contributed by atoms with Crippen molar-refractivity contribution in [2.24, 2.45) is 11.7 Å². The highest BCUT2D eigenvalue weighted by molar-refractivity contribution is 7.13. The van der Waals surface area contributed by atoms with Crippen LogP contribution in [0.1, 0.15) is 33.2 Å². The van der Waals surface area contributed by atoms with Crippen LogP contribution in [0.15, 0.2) is 30.3 Å². The molecular formula is C19H23N3O3S. The van der Waals surface area contributed by atoms with Crippen LogP contribution >= 0.6 is 11.3 Å². The number of hydrogen-bond donors (Lipinski definition) is 1. The molecule has 2 N–H and O–H groups in total. The second-order valence-electron chi connectivity index (χ2n) is 6.59. The normalized spacial score (nSPS) is 20.0. The maximum atomic E-state index is 12.9. The van der Waals surface area contributed by atoms with Crippen LogP contribution in [0.25, 0.3) is 0 Å². The molecule has 2 aromatic rings. The monoisotopic (exact) mass is 373 g/mol. The highest BCUT2D eigenvalue weighted by Gasteiger charge is 2.35. The number of carbonyl (C=O) groups excluding carboxylic acids is 2. The third-order valence-electron chi connectivity index (χ3n) is 4.54. The van der Waals surface area contributed by atoms with Crippen LogP contribution in [0.2, 0.25) is 0 Å². The predicted octanol–water partition coefficient (Wildman–Crippen LogP) is 2.55. The summed E-state index contributed by atoms with van der Waals surface area (Å²) in [6.45, 7) is 4.78. The fraction of sp³-hybridized carbons (Fsp3) is 0.421. The summed E-state index contributed by atoms with van der Waals surface area (Å²) < 4.78 is 6.07. The van der Waals surface area contributed by atoms with Crippen molar-refractivity contribution < 1.29 is 14.3 Å². The first-order chi connectivity index (χ1) is 12.4. The van der Waals surface area contributed by atoms with Crippen molar-refractivity contribution in [3.63, 3.8) is 0 Å². The number of rotatable bonds is 5. The van der Waals surface area contributed by atoms with Crippen molar-refractivity contribution in [2.45, 2.75) is 32.8 Å². The number of piperidine rings is 1. The Hall–Kier alpha value is -2.41. The fourth-order valence-corrected chi connectivity index (χ4v) is 4.24. The molecule has 0 saturated carbocycles. The zero-order valence-electron chi connectivity index (χ0n) is 15.0. The summed E-state index contributed by atoms with van der Waals surface area (Å²) in [4.78, 5) is 31.2. The average Bonchev–Trinajstić information content (AvgIpc) is 2.94. The third kappa shape index (κ3) is 4.22. The van der Waals surface area contributed by atoms with E-state index < -0.39 is 0 Å². The van der Waals surface area contributed by atoms with Crippen LogP contribution in [-0.2, 0) is 4.79 Å².